The van der Waals surface area contributed by atoms with E-state index in [0.29, 0.717) is 21.5 Å². The summed E-state index contributed by atoms with van der Waals surface area (Å²) in [7, 11) is 0. The van der Waals surface area contributed by atoms with Gasteiger partial charge in [-0.15, -0.1) is 10.2 Å². The van der Waals surface area contributed by atoms with E-state index >= 15 is 0 Å². The fraction of sp³-hybridized carbons (Fsp3) is 0. The quantitative estimate of drug-likeness (QED) is 0.658. The molecule has 0 aliphatic carbocycles. The molecule has 4 N–H and O–H groups in total. The van der Waals surface area contributed by atoms with Gasteiger partial charge in [0.15, 0.2) is 11.3 Å². The summed E-state index contributed by atoms with van der Waals surface area (Å²) >= 11 is 1.24. The molecule has 7 heteroatoms. The average Bonchev–Trinajstić information content (AvgIpc) is 2.53. The van der Waals surface area contributed by atoms with Gasteiger partial charge in [-0.1, -0.05) is 11.3 Å². The molecule has 0 saturated carbocycles. The third kappa shape index (κ3) is 1.41. The van der Waals surface area contributed by atoms with Crippen molar-refractivity contribution >= 4 is 22.3 Å². The zero-order chi connectivity index (χ0) is 9.26. The Labute approximate surface area is 77.7 Å². The zero-order valence-electron chi connectivity index (χ0n) is 6.43. The third-order valence-corrected chi connectivity index (χ3v) is 2.15. The largest absolute Gasteiger partial charge is 0.383 e. The normalized spacial score (nSPS) is 10.2. The smallest absolute Gasteiger partial charge is 0.203 e. The number of aromatic nitrogens is 4. The van der Waals surface area contributed by atoms with E-state index in [4.69, 9.17) is 11.5 Å². The van der Waals surface area contributed by atoms with E-state index < -0.39 is 0 Å². The molecule has 2 aromatic rings. The van der Waals surface area contributed by atoms with Crippen LogP contribution in [0.15, 0.2) is 6.20 Å². The van der Waals surface area contributed by atoms with Gasteiger partial charge in [-0.2, -0.15) is 0 Å². The van der Waals surface area contributed by atoms with Crippen LogP contribution in [0.2, 0.25) is 0 Å². The maximum absolute atomic E-state index is 5.58. The fourth-order valence-corrected chi connectivity index (χ4v) is 1.44. The van der Waals surface area contributed by atoms with Gasteiger partial charge in [0.05, 0.1) is 5.56 Å². The molecule has 0 aromatic carbocycles. The van der Waals surface area contributed by atoms with E-state index in [2.05, 4.69) is 26.5 Å². The van der Waals surface area contributed by atoms with Crippen LogP contribution in [0.4, 0.5) is 10.9 Å². The number of hydrogen-bond donors (Lipinski definition) is 2. The van der Waals surface area contributed by atoms with Crippen LogP contribution < -0.4 is 11.5 Å². The van der Waals surface area contributed by atoms with Gasteiger partial charge in [0, 0.05) is 6.20 Å². The van der Waals surface area contributed by atoms with Crippen molar-refractivity contribution < 1.29 is 0 Å². The van der Waals surface area contributed by atoms with Crippen LogP contribution in [0.25, 0.3) is 10.6 Å². The molecule has 0 spiro atoms. The number of rotatable bonds is 1. The molecule has 2 heterocycles. The second-order valence-electron chi connectivity index (χ2n) is 2.21. The van der Waals surface area contributed by atoms with E-state index in [1.807, 2.05) is 0 Å². The lowest BCUT2D eigenvalue weighted by atomic mass is 10.3. The molecule has 6 nitrogen and oxygen atoms in total. The Morgan fingerprint density at radius 2 is 2.15 bits per heavy atom. The highest BCUT2D eigenvalue weighted by Crippen LogP contribution is 2.26. The van der Waals surface area contributed by atoms with Gasteiger partial charge in [-0.05, 0) is 0 Å². The van der Waals surface area contributed by atoms with Crippen LogP contribution in [0, 0.1) is 6.33 Å². The van der Waals surface area contributed by atoms with Crippen molar-refractivity contribution in [2.24, 2.45) is 0 Å². The van der Waals surface area contributed by atoms with Gasteiger partial charge in [0.2, 0.25) is 5.13 Å². The van der Waals surface area contributed by atoms with Crippen LogP contribution in [-0.2, 0) is 0 Å². The summed E-state index contributed by atoms with van der Waals surface area (Å²) in [6, 6.07) is 0. The van der Waals surface area contributed by atoms with Gasteiger partial charge < -0.3 is 11.5 Å². The Hall–Kier alpha value is -1.76. The van der Waals surface area contributed by atoms with Crippen LogP contribution in [-0.4, -0.2) is 20.2 Å². The van der Waals surface area contributed by atoms with Crippen LogP contribution in [0.3, 0.4) is 0 Å². The average molecular weight is 193 g/mol. The SMILES string of the molecule is Nc1nnc(-c2cn[c]nc2N)s1. The minimum absolute atomic E-state index is 0.325. The highest BCUT2D eigenvalue weighted by molar-refractivity contribution is 7.18. The lowest BCUT2D eigenvalue weighted by molar-refractivity contribution is 1.09. The van der Waals surface area contributed by atoms with Crippen molar-refractivity contribution in [1.29, 1.82) is 0 Å². The van der Waals surface area contributed by atoms with Crippen molar-refractivity contribution in [2.45, 2.75) is 0 Å². The summed E-state index contributed by atoms with van der Waals surface area (Å²) in [6.07, 6.45) is 3.91. The van der Waals surface area contributed by atoms with Crippen molar-refractivity contribution in [3.63, 3.8) is 0 Å². The Balaban J connectivity index is 2.52. The maximum Gasteiger partial charge on any atom is 0.203 e. The van der Waals surface area contributed by atoms with E-state index in [0.717, 1.165) is 0 Å². The van der Waals surface area contributed by atoms with E-state index in [1.54, 1.807) is 0 Å². The third-order valence-electron chi connectivity index (χ3n) is 1.37. The molecule has 13 heavy (non-hydrogen) atoms. The van der Waals surface area contributed by atoms with E-state index in [1.165, 1.54) is 17.5 Å². The van der Waals surface area contributed by atoms with Gasteiger partial charge in [-0.3, -0.25) is 0 Å². The molecule has 2 rings (SSSR count). The molecule has 0 atom stereocenters. The molecule has 1 radical (unpaired) electrons. The second-order valence-corrected chi connectivity index (χ2v) is 3.22. The first-order valence-electron chi connectivity index (χ1n) is 3.35. The number of anilines is 2. The number of hydrogen-bond acceptors (Lipinski definition) is 7. The lowest BCUT2D eigenvalue weighted by Crippen LogP contribution is -1.94. The Morgan fingerprint density at radius 1 is 1.31 bits per heavy atom. The predicted molar refractivity (Wildman–Crippen MR) is 48.6 cm³/mol. The molecule has 0 fully saturated rings. The Bertz CT molecular complexity index is 425. The van der Waals surface area contributed by atoms with Crippen molar-refractivity contribution in [3.8, 4) is 10.6 Å². The highest BCUT2D eigenvalue weighted by atomic mass is 32.1. The molecule has 0 amide bonds. The lowest BCUT2D eigenvalue weighted by Gasteiger charge is -1.95. The number of nitrogen functional groups attached to an aromatic ring is 2. The summed E-state index contributed by atoms with van der Waals surface area (Å²) in [6.45, 7) is 0. The minimum atomic E-state index is 0.325. The first kappa shape index (κ1) is 7.87. The summed E-state index contributed by atoms with van der Waals surface area (Å²) < 4.78 is 0. The molecule has 0 bridgehead atoms. The standard InChI is InChI=1S/C6H5N6S/c7-4-3(1-9-2-10-4)5-11-12-6(8)13-5/h1H,(H2,8,12)(H2,7,9,10). The van der Waals surface area contributed by atoms with Crippen LogP contribution in [0.1, 0.15) is 0 Å². The first-order chi connectivity index (χ1) is 6.27. The van der Waals surface area contributed by atoms with Gasteiger partial charge in [0.1, 0.15) is 5.82 Å². The predicted octanol–water partition coefficient (Wildman–Crippen LogP) is -0.0403. The van der Waals surface area contributed by atoms with Crippen molar-refractivity contribution in [3.05, 3.63) is 12.5 Å². The van der Waals surface area contributed by atoms with E-state index in [9.17, 15) is 0 Å². The van der Waals surface area contributed by atoms with Crippen molar-refractivity contribution in [1.82, 2.24) is 20.2 Å². The molecule has 0 saturated heterocycles. The molecular weight excluding hydrogens is 188 g/mol. The van der Waals surface area contributed by atoms with Gasteiger partial charge in [-0.25, -0.2) is 9.97 Å². The Kier molecular flexibility index (Phi) is 1.78. The number of nitrogens with two attached hydrogens (primary N) is 2. The molecule has 0 aliphatic rings. The molecular formula is C6H5N6S. The summed E-state index contributed by atoms with van der Waals surface area (Å²) in [4.78, 5) is 7.42. The van der Waals surface area contributed by atoms with E-state index in [-0.39, 0.29) is 0 Å². The van der Waals surface area contributed by atoms with Crippen LogP contribution >= 0.6 is 11.3 Å². The summed E-state index contributed by atoms with van der Waals surface area (Å²) in [5.74, 6) is 0.325. The zero-order valence-corrected chi connectivity index (χ0v) is 7.25. The van der Waals surface area contributed by atoms with Crippen molar-refractivity contribution in [2.75, 3.05) is 11.5 Å². The minimum Gasteiger partial charge on any atom is -0.383 e. The summed E-state index contributed by atoms with van der Waals surface area (Å²) in [5, 5.41) is 8.48. The van der Waals surface area contributed by atoms with Gasteiger partial charge in [0.25, 0.3) is 0 Å². The second kappa shape index (κ2) is 2.94. The fourth-order valence-electron chi connectivity index (χ4n) is 0.811. The molecule has 2 aromatic heterocycles. The molecule has 65 valence electrons. The molecule has 0 aliphatic heterocycles. The van der Waals surface area contributed by atoms with Crippen LogP contribution in [0.5, 0.6) is 0 Å². The number of nitrogens with zero attached hydrogens (tertiary/aromatic N) is 4. The molecule has 0 unspecified atom stereocenters. The Morgan fingerprint density at radius 3 is 2.77 bits per heavy atom. The topological polar surface area (TPSA) is 104 Å². The van der Waals surface area contributed by atoms with Gasteiger partial charge >= 0.3 is 0 Å². The maximum atomic E-state index is 5.58. The first-order valence-corrected chi connectivity index (χ1v) is 4.17. The highest BCUT2D eigenvalue weighted by Gasteiger charge is 2.08. The summed E-state index contributed by atoms with van der Waals surface area (Å²) in [5.41, 5.74) is 11.6. The monoisotopic (exact) mass is 193 g/mol.